The van der Waals surface area contributed by atoms with Crippen LogP contribution in [-0.4, -0.2) is 31.3 Å². The van der Waals surface area contributed by atoms with Gasteiger partial charge in [0.25, 0.3) is 11.8 Å². The molecule has 2 aromatic carbocycles. The summed E-state index contributed by atoms with van der Waals surface area (Å²) in [5.74, 6) is -0.0296. The molecule has 8 heteroatoms. The minimum absolute atomic E-state index is 0.0281. The Kier molecular flexibility index (Phi) is 7.38. The largest absolute Gasteiger partial charge is 0.493 e. The molecule has 0 saturated heterocycles. The SMILES string of the molecule is COc1cc(C(=O)NNC(=O)c2cc(SC)ccc2Cl)ccc1OC(C)C. The third kappa shape index (κ3) is 5.55. The molecular formula is C19H21ClN2O4S. The Morgan fingerprint density at radius 3 is 2.37 bits per heavy atom. The molecule has 2 N–H and O–H groups in total. The van der Waals surface area contributed by atoms with Gasteiger partial charge in [0.15, 0.2) is 11.5 Å². The first-order chi connectivity index (χ1) is 12.8. The van der Waals surface area contributed by atoms with Gasteiger partial charge in [-0.05, 0) is 56.5 Å². The van der Waals surface area contributed by atoms with Crippen LogP contribution in [0, 0.1) is 0 Å². The van der Waals surface area contributed by atoms with E-state index in [0.717, 1.165) is 4.90 Å². The van der Waals surface area contributed by atoms with Crippen LogP contribution < -0.4 is 20.3 Å². The van der Waals surface area contributed by atoms with Gasteiger partial charge in [0.1, 0.15) is 0 Å². The molecule has 0 aromatic heterocycles. The minimum atomic E-state index is -0.504. The van der Waals surface area contributed by atoms with E-state index in [0.29, 0.717) is 22.1 Å². The van der Waals surface area contributed by atoms with Crippen molar-refractivity contribution in [2.75, 3.05) is 13.4 Å². The summed E-state index contributed by atoms with van der Waals surface area (Å²) in [7, 11) is 1.49. The van der Waals surface area contributed by atoms with Crippen molar-refractivity contribution in [3.05, 3.63) is 52.5 Å². The Labute approximate surface area is 167 Å². The molecule has 0 aliphatic rings. The molecule has 2 rings (SSSR count). The van der Waals surface area contributed by atoms with Crippen molar-refractivity contribution in [3.8, 4) is 11.5 Å². The first kappa shape index (κ1) is 20.9. The van der Waals surface area contributed by atoms with Gasteiger partial charge in [0.2, 0.25) is 0 Å². The average Bonchev–Trinajstić information content (AvgIpc) is 2.66. The van der Waals surface area contributed by atoms with E-state index in [1.807, 2.05) is 26.2 Å². The fraction of sp³-hybridized carbons (Fsp3) is 0.263. The molecule has 0 bridgehead atoms. The van der Waals surface area contributed by atoms with Crippen LogP contribution in [0.2, 0.25) is 5.02 Å². The number of ether oxygens (including phenoxy) is 2. The van der Waals surface area contributed by atoms with E-state index in [2.05, 4.69) is 10.9 Å². The van der Waals surface area contributed by atoms with Crippen molar-refractivity contribution in [2.24, 2.45) is 0 Å². The fourth-order valence-corrected chi connectivity index (χ4v) is 2.86. The molecule has 0 aliphatic heterocycles. The van der Waals surface area contributed by atoms with Gasteiger partial charge in [-0.3, -0.25) is 20.4 Å². The highest BCUT2D eigenvalue weighted by molar-refractivity contribution is 7.98. The lowest BCUT2D eigenvalue weighted by Gasteiger charge is -2.14. The third-order valence-corrected chi connectivity index (χ3v) is 4.55. The highest BCUT2D eigenvalue weighted by atomic mass is 35.5. The molecule has 0 fully saturated rings. The van der Waals surface area contributed by atoms with Gasteiger partial charge in [-0.2, -0.15) is 0 Å². The van der Waals surface area contributed by atoms with Crippen LogP contribution in [0.25, 0.3) is 0 Å². The molecule has 0 saturated carbocycles. The van der Waals surface area contributed by atoms with Crippen molar-refractivity contribution < 1.29 is 19.1 Å². The summed E-state index contributed by atoms with van der Waals surface area (Å²) in [6.45, 7) is 3.79. The lowest BCUT2D eigenvalue weighted by atomic mass is 10.2. The summed E-state index contributed by atoms with van der Waals surface area (Å²) in [6, 6.07) is 9.89. The maximum absolute atomic E-state index is 12.3. The summed E-state index contributed by atoms with van der Waals surface area (Å²) in [4.78, 5) is 25.5. The third-order valence-electron chi connectivity index (χ3n) is 3.50. The predicted octanol–water partition coefficient (Wildman–Crippen LogP) is 3.93. The van der Waals surface area contributed by atoms with E-state index >= 15 is 0 Å². The minimum Gasteiger partial charge on any atom is -0.493 e. The summed E-state index contributed by atoms with van der Waals surface area (Å²) in [5.41, 5.74) is 5.33. The number of methoxy groups -OCH3 is 1. The maximum Gasteiger partial charge on any atom is 0.271 e. The molecule has 0 spiro atoms. The Bertz CT molecular complexity index is 842. The van der Waals surface area contributed by atoms with Gasteiger partial charge in [0.05, 0.1) is 23.8 Å². The van der Waals surface area contributed by atoms with E-state index in [1.165, 1.54) is 18.9 Å². The summed E-state index contributed by atoms with van der Waals surface area (Å²) in [6.07, 6.45) is 1.87. The molecule has 2 aromatic rings. The molecule has 144 valence electrons. The molecule has 2 amide bonds. The number of amides is 2. The normalized spacial score (nSPS) is 10.4. The second-order valence-electron chi connectivity index (χ2n) is 5.79. The first-order valence-corrected chi connectivity index (χ1v) is 9.75. The van der Waals surface area contributed by atoms with Crippen molar-refractivity contribution >= 4 is 35.2 Å². The van der Waals surface area contributed by atoms with Gasteiger partial charge in [-0.15, -0.1) is 11.8 Å². The molecule has 0 aliphatic carbocycles. The van der Waals surface area contributed by atoms with E-state index in [4.69, 9.17) is 21.1 Å². The first-order valence-electron chi connectivity index (χ1n) is 8.14. The number of carbonyl (C=O) groups excluding carboxylic acids is 2. The topological polar surface area (TPSA) is 76.7 Å². The molecule has 6 nitrogen and oxygen atoms in total. The predicted molar refractivity (Wildman–Crippen MR) is 107 cm³/mol. The van der Waals surface area contributed by atoms with Crippen LogP contribution in [0.5, 0.6) is 11.5 Å². The highest BCUT2D eigenvalue weighted by Gasteiger charge is 2.15. The van der Waals surface area contributed by atoms with Gasteiger partial charge < -0.3 is 9.47 Å². The molecule has 0 heterocycles. The number of hydrogen-bond donors (Lipinski definition) is 2. The summed E-state index contributed by atoms with van der Waals surface area (Å²) >= 11 is 7.55. The molecule has 27 heavy (non-hydrogen) atoms. The number of carbonyl (C=O) groups is 2. The molecule has 0 atom stereocenters. The second-order valence-corrected chi connectivity index (χ2v) is 7.07. The van der Waals surface area contributed by atoms with Gasteiger partial charge >= 0.3 is 0 Å². The standard InChI is InChI=1S/C19H21ClN2O4S/c1-11(2)26-16-8-5-12(9-17(16)25-3)18(23)21-22-19(24)14-10-13(27-4)6-7-15(14)20/h5-11H,1-4H3,(H,21,23)(H,22,24). The zero-order valence-electron chi connectivity index (χ0n) is 15.5. The number of halogens is 1. The fourth-order valence-electron chi connectivity index (χ4n) is 2.22. The smallest absolute Gasteiger partial charge is 0.271 e. The van der Waals surface area contributed by atoms with E-state index in [-0.39, 0.29) is 11.7 Å². The van der Waals surface area contributed by atoms with Crippen LogP contribution in [0.15, 0.2) is 41.3 Å². The molecule has 0 radical (unpaired) electrons. The highest BCUT2D eigenvalue weighted by Crippen LogP contribution is 2.29. The number of thioether (sulfide) groups is 1. The zero-order chi connectivity index (χ0) is 20.0. The van der Waals surface area contributed by atoms with E-state index < -0.39 is 11.8 Å². The van der Waals surface area contributed by atoms with Crippen LogP contribution >= 0.6 is 23.4 Å². The lowest BCUT2D eigenvalue weighted by Crippen LogP contribution is -2.41. The Hall–Kier alpha value is -2.38. The van der Waals surface area contributed by atoms with Crippen molar-refractivity contribution in [1.82, 2.24) is 10.9 Å². The number of benzene rings is 2. The summed E-state index contributed by atoms with van der Waals surface area (Å²) in [5, 5.41) is 0.302. The number of nitrogens with one attached hydrogen (secondary N) is 2. The Morgan fingerprint density at radius 1 is 1.04 bits per heavy atom. The van der Waals surface area contributed by atoms with Crippen LogP contribution in [-0.2, 0) is 0 Å². The average molecular weight is 409 g/mol. The molecular weight excluding hydrogens is 388 g/mol. The molecule has 0 unspecified atom stereocenters. The Balaban J connectivity index is 2.08. The van der Waals surface area contributed by atoms with Gasteiger partial charge in [-0.1, -0.05) is 11.6 Å². The Morgan fingerprint density at radius 2 is 1.74 bits per heavy atom. The van der Waals surface area contributed by atoms with Gasteiger partial charge in [0, 0.05) is 10.5 Å². The second kappa shape index (κ2) is 9.53. The van der Waals surface area contributed by atoms with Crippen molar-refractivity contribution in [1.29, 1.82) is 0 Å². The van der Waals surface area contributed by atoms with E-state index in [1.54, 1.807) is 30.3 Å². The monoisotopic (exact) mass is 408 g/mol. The van der Waals surface area contributed by atoms with Crippen LogP contribution in [0.4, 0.5) is 0 Å². The number of hydrazine groups is 1. The zero-order valence-corrected chi connectivity index (χ0v) is 17.0. The quantitative estimate of drug-likeness (QED) is 0.559. The van der Waals surface area contributed by atoms with Crippen LogP contribution in [0.3, 0.4) is 0 Å². The number of rotatable bonds is 6. The summed E-state index contributed by atoms with van der Waals surface area (Å²) < 4.78 is 10.9. The van der Waals surface area contributed by atoms with Crippen molar-refractivity contribution in [2.45, 2.75) is 24.8 Å². The number of hydrogen-bond acceptors (Lipinski definition) is 5. The van der Waals surface area contributed by atoms with E-state index in [9.17, 15) is 9.59 Å². The van der Waals surface area contributed by atoms with Crippen LogP contribution in [0.1, 0.15) is 34.6 Å². The lowest BCUT2D eigenvalue weighted by molar-refractivity contribution is 0.0846. The maximum atomic E-state index is 12.3. The van der Waals surface area contributed by atoms with Crippen molar-refractivity contribution in [3.63, 3.8) is 0 Å². The van der Waals surface area contributed by atoms with Gasteiger partial charge in [-0.25, -0.2) is 0 Å².